The molecule has 0 spiro atoms. The number of nitrogens with zero attached hydrogens (tertiary/aromatic N) is 2. The first-order valence-corrected chi connectivity index (χ1v) is 13.3. The Morgan fingerprint density at radius 2 is 1.71 bits per heavy atom. The third kappa shape index (κ3) is 7.03. The lowest BCUT2D eigenvalue weighted by atomic mass is 10.1. The maximum Gasteiger partial charge on any atom is 0.322 e. The SMILES string of the molecule is CCC(C)N(Cc1ccc(N(CC)CC)cc1OS(=O)(=O)CC)C(=O)Nc1ccccc1OC. The predicted molar refractivity (Wildman–Crippen MR) is 137 cm³/mol. The van der Waals surface area contributed by atoms with E-state index in [4.69, 9.17) is 8.92 Å². The van der Waals surface area contributed by atoms with Crippen molar-refractivity contribution in [2.45, 2.75) is 53.6 Å². The molecule has 2 aromatic rings. The highest BCUT2D eigenvalue weighted by molar-refractivity contribution is 7.87. The van der Waals surface area contributed by atoms with Gasteiger partial charge in [-0.25, -0.2) is 4.79 Å². The summed E-state index contributed by atoms with van der Waals surface area (Å²) >= 11 is 0. The molecule has 8 nitrogen and oxygen atoms in total. The molecule has 0 radical (unpaired) electrons. The van der Waals surface area contributed by atoms with E-state index in [1.807, 2.05) is 52.0 Å². The number of para-hydroxylation sites is 2. The summed E-state index contributed by atoms with van der Waals surface area (Å²) in [5.41, 5.74) is 2.04. The van der Waals surface area contributed by atoms with E-state index in [9.17, 15) is 13.2 Å². The number of anilines is 2. The molecule has 34 heavy (non-hydrogen) atoms. The Labute approximate surface area is 204 Å². The summed E-state index contributed by atoms with van der Waals surface area (Å²) in [5, 5.41) is 2.92. The van der Waals surface area contributed by atoms with E-state index in [0.717, 1.165) is 25.2 Å². The van der Waals surface area contributed by atoms with Crippen molar-refractivity contribution in [1.29, 1.82) is 0 Å². The fourth-order valence-electron chi connectivity index (χ4n) is 3.50. The van der Waals surface area contributed by atoms with Crippen molar-refractivity contribution in [2.24, 2.45) is 0 Å². The molecule has 0 aliphatic rings. The van der Waals surface area contributed by atoms with Crippen LogP contribution in [0.25, 0.3) is 0 Å². The lowest BCUT2D eigenvalue weighted by Crippen LogP contribution is -2.40. The number of amides is 2. The van der Waals surface area contributed by atoms with Crippen LogP contribution in [0.5, 0.6) is 11.5 Å². The monoisotopic (exact) mass is 491 g/mol. The van der Waals surface area contributed by atoms with Crippen LogP contribution in [0.3, 0.4) is 0 Å². The summed E-state index contributed by atoms with van der Waals surface area (Å²) in [6, 6.07) is 12.3. The molecule has 0 bridgehead atoms. The second-order valence-corrected chi connectivity index (χ2v) is 9.77. The molecular weight excluding hydrogens is 454 g/mol. The van der Waals surface area contributed by atoms with Crippen LogP contribution in [0.4, 0.5) is 16.2 Å². The summed E-state index contributed by atoms with van der Waals surface area (Å²) in [6.45, 7) is 11.3. The highest BCUT2D eigenvalue weighted by Gasteiger charge is 2.24. The van der Waals surface area contributed by atoms with Gasteiger partial charge in [0.1, 0.15) is 11.5 Å². The second-order valence-electron chi connectivity index (χ2n) is 7.91. The van der Waals surface area contributed by atoms with Gasteiger partial charge in [-0.1, -0.05) is 25.1 Å². The number of nitrogens with one attached hydrogen (secondary N) is 1. The molecule has 1 atom stereocenters. The van der Waals surface area contributed by atoms with Crippen molar-refractivity contribution in [2.75, 3.05) is 36.2 Å². The number of methoxy groups -OCH3 is 1. The van der Waals surface area contributed by atoms with Crippen molar-refractivity contribution in [1.82, 2.24) is 4.90 Å². The molecule has 188 valence electrons. The van der Waals surface area contributed by atoms with Gasteiger partial charge in [0.05, 0.1) is 25.1 Å². The molecule has 0 aliphatic carbocycles. The van der Waals surface area contributed by atoms with Gasteiger partial charge >= 0.3 is 16.1 Å². The van der Waals surface area contributed by atoms with Crippen molar-refractivity contribution in [3.63, 3.8) is 0 Å². The maximum absolute atomic E-state index is 13.3. The summed E-state index contributed by atoms with van der Waals surface area (Å²) in [5.74, 6) is 0.650. The number of rotatable bonds is 12. The molecule has 0 saturated heterocycles. The molecule has 1 unspecified atom stereocenters. The van der Waals surface area contributed by atoms with Crippen LogP contribution in [-0.2, 0) is 16.7 Å². The van der Waals surface area contributed by atoms with Gasteiger partial charge in [-0.2, -0.15) is 8.42 Å². The number of urea groups is 1. The number of carbonyl (C=O) groups is 1. The largest absolute Gasteiger partial charge is 0.495 e. The molecule has 2 aromatic carbocycles. The first kappa shape index (κ1) is 27.3. The van der Waals surface area contributed by atoms with E-state index in [2.05, 4.69) is 10.2 Å². The van der Waals surface area contributed by atoms with Crippen LogP contribution in [0.1, 0.15) is 46.6 Å². The molecule has 0 aliphatic heterocycles. The predicted octanol–water partition coefficient (Wildman–Crippen LogP) is 5.10. The Balaban J connectivity index is 2.43. The average Bonchev–Trinajstić information content (AvgIpc) is 2.83. The maximum atomic E-state index is 13.3. The van der Waals surface area contributed by atoms with Crippen molar-refractivity contribution >= 4 is 27.5 Å². The quantitative estimate of drug-likeness (QED) is 0.416. The van der Waals surface area contributed by atoms with Gasteiger partial charge in [-0.15, -0.1) is 0 Å². The number of carbonyl (C=O) groups excluding carboxylic acids is 1. The number of benzene rings is 2. The molecule has 2 rings (SSSR count). The van der Waals surface area contributed by atoms with E-state index in [0.29, 0.717) is 17.0 Å². The molecular formula is C25H37N3O5S. The molecule has 0 saturated carbocycles. The van der Waals surface area contributed by atoms with Crippen LogP contribution >= 0.6 is 0 Å². The Hall–Kier alpha value is -2.94. The van der Waals surface area contributed by atoms with Crippen LogP contribution in [0.2, 0.25) is 0 Å². The summed E-state index contributed by atoms with van der Waals surface area (Å²) in [7, 11) is -2.20. The van der Waals surface area contributed by atoms with Gasteiger partial charge in [-0.05, 0) is 52.3 Å². The van der Waals surface area contributed by atoms with Crippen LogP contribution in [-0.4, -0.2) is 51.3 Å². The molecule has 9 heteroatoms. The van der Waals surface area contributed by atoms with E-state index >= 15 is 0 Å². The zero-order valence-electron chi connectivity index (χ0n) is 21.0. The summed E-state index contributed by atoms with van der Waals surface area (Å²) < 4.78 is 35.5. The normalized spacial score (nSPS) is 12.1. The third-order valence-corrected chi connectivity index (χ3v) is 6.96. The molecule has 2 amide bonds. The summed E-state index contributed by atoms with van der Waals surface area (Å²) in [6.07, 6.45) is 0.723. The average molecular weight is 492 g/mol. The molecule has 0 heterocycles. The molecule has 0 fully saturated rings. The van der Waals surface area contributed by atoms with Gasteiger partial charge in [0, 0.05) is 36.4 Å². The first-order chi connectivity index (χ1) is 16.2. The highest BCUT2D eigenvalue weighted by atomic mass is 32.2. The van der Waals surface area contributed by atoms with E-state index < -0.39 is 10.1 Å². The van der Waals surface area contributed by atoms with Gasteiger partial charge in [-0.3, -0.25) is 0 Å². The molecule has 0 aromatic heterocycles. The zero-order chi connectivity index (χ0) is 25.3. The van der Waals surface area contributed by atoms with Crippen LogP contribution < -0.4 is 19.1 Å². The van der Waals surface area contributed by atoms with E-state index in [1.54, 1.807) is 30.2 Å². The van der Waals surface area contributed by atoms with Crippen LogP contribution in [0, 0.1) is 0 Å². The van der Waals surface area contributed by atoms with Gasteiger partial charge in [0.25, 0.3) is 0 Å². The van der Waals surface area contributed by atoms with Gasteiger partial charge in [0.15, 0.2) is 0 Å². The smallest absolute Gasteiger partial charge is 0.322 e. The Morgan fingerprint density at radius 3 is 2.29 bits per heavy atom. The van der Waals surface area contributed by atoms with E-state index in [1.165, 1.54) is 6.92 Å². The Morgan fingerprint density at radius 1 is 1.03 bits per heavy atom. The lowest BCUT2D eigenvalue weighted by molar-refractivity contribution is 0.186. The molecule has 1 N–H and O–H groups in total. The third-order valence-electron chi connectivity index (χ3n) is 5.82. The Kier molecular flexibility index (Phi) is 10.0. The topological polar surface area (TPSA) is 88.2 Å². The summed E-state index contributed by atoms with van der Waals surface area (Å²) in [4.78, 5) is 17.1. The van der Waals surface area contributed by atoms with Gasteiger partial charge in [0.2, 0.25) is 0 Å². The minimum absolute atomic E-state index is 0.104. The second kappa shape index (κ2) is 12.5. The van der Waals surface area contributed by atoms with Gasteiger partial charge < -0.3 is 24.0 Å². The van der Waals surface area contributed by atoms with Crippen molar-refractivity contribution in [3.8, 4) is 11.5 Å². The van der Waals surface area contributed by atoms with Crippen molar-refractivity contribution < 1.29 is 22.1 Å². The number of hydrogen-bond acceptors (Lipinski definition) is 6. The fourth-order valence-corrected chi connectivity index (χ4v) is 4.05. The fraction of sp³-hybridized carbons (Fsp3) is 0.480. The van der Waals surface area contributed by atoms with E-state index in [-0.39, 0.29) is 30.1 Å². The first-order valence-electron chi connectivity index (χ1n) is 11.7. The zero-order valence-corrected chi connectivity index (χ0v) is 21.8. The van der Waals surface area contributed by atoms with Crippen LogP contribution in [0.15, 0.2) is 42.5 Å². The number of hydrogen-bond donors (Lipinski definition) is 1. The Bertz CT molecular complexity index is 1050. The number of ether oxygens (including phenoxy) is 1. The highest BCUT2D eigenvalue weighted by Crippen LogP contribution is 2.30. The minimum atomic E-state index is -3.74. The van der Waals surface area contributed by atoms with Crippen molar-refractivity contribution in [3.05, 3.63) is 48.0 Å². The standard InChI is InChI=1S/C25H37N3O5S/c1-7-19(5)28(25(29)26-22-13-11-12-14-23(22)32-6)18-20-15-16-21(27(8-2)9-3)17-24(20)33-34(30,31)10-4/h11-17,19H,7-10,18H2,1-6H3,(H,26,29). The lowest BCUT2D eigenvalue weighted by Gasteiger charge is -2.30. The minimum Gasteiger partial charge on any atom is -0.495 e.